The predicted octanol–water partition coefficient (Wildman–Crippen LogP) is 3.56. The third-order valence-corrected chi connectivity index (χ3v) is 2.89. The fraction of sp³-hybridized carbons (Fsp3) is 0.0714. The minimum absolute atomic E-state index is 0.0112. The van der Waals surface area contributed by atoms with Gasteiger partial charge in [-0.05, 0) is 35.9 Å². The molecule has 0 aliphatic heterocycles. The molecule has 0 radical (unpaired) electrons. The Morgan fingerprint density at radius 2 is 1.95 bits per heavy atom. The summed E-state index contributed by atoms with van der Waals surface area (Å²) >= 11 is 5.54. The predicted molar refractivity (Wildman–Crippen MR) is 71.3 cm³/mol. The van der Waals surface area contributed by atoms with E-state index < -0.39 is 17.6 Å². The van der Waals surface area contributed by atoms with Gasteiger partial charge in [0, 0.05) is 5.69 Å². The van der Waals surface area contributed by atoms with Gasteiger partial charge >= 0.3 is 5.97 Å². The molecule has 20 heavy (non-hydrogen) atoms. The normalized spacial score (nSPS) is 10.3. The molecule has 0 aliphatic carbocycles. The van der Waals surface area contributed by atoms with Gasteiger partial charge in [0.15, 0.2) is 0 Å². The molecule has 2 aromatic carbocycles. The fourth-order valence-electron chi connectivity index (χ4n) is 1.58. The molecular weight excluding hydrogens is 288 g/mol. The second-order valence-corrected chi connectivity index (χ2v) is 4.46. The van der Waals surface area contributed by atoms with E-state index in [-0.39, 0.29) is 22.9 Å². The SMILES string of the molecule is Nc1cc(F)ccc1C(=O)OCc1ccc(Cl)c(F)c1. The van der Waals surface area contributed by atoms with E-state index in [0.29, 0.717) is 5.56 Å². The molecule has 0 amide bonds. The molecule has 0 bridgehead atoms. The van der Waals surface area contributed by atoms with Gasteiger partial charge in [-0.2, -0.15) is 0 Å². The Balaban J connectivity index is 2.06. The minimum atomic E-state index is -0.710. The smallest absolute Gasteiger partial charge is 0.340 e. The monoisotopic (exact) mass is 297 g/mol. The van der Waals surface area contributed by atoms with Crippen LogP contribution in [0.1, 0.15) is 15.9 Å². The highest BCUT2D eigenvalue weighted by Crippen LogP contribution is 2.18. The van der Waals surface area contributed by atoms with Crippen molar-refractivity contribution in [1.82, 2.24) is 0 Å². The Kier molecular flexibility index (Phi) is 4.20. The molecule has 0 saturated heterocycles. The second kappa shape index (κ2) is 5.88. The first kappa shape index (κ1) is 14.3. The summed E-state index contributed by atoms with van der Waals surface area (Å²) in [6.07, 6.45) is 0. The summed E-state index contributed by atoms with van der Waals surface area (Å²) in [6, 6.07) is 7.44. The van der Waals surface area contributed by atoms with Crippen LogP contribution in [0.15, 0.2) is 36.4 Å². The maximum atomic E-state index is 13.2. The van der Waals surface area contributed by atoms with E-state index in [1.807, 2.05) is 0 Å². The minimum Gasteiger partial charge on any atom is -0.457 e. The molecule has 2 N–H and O–H groups in total. The van der Waals surface area contributed by atoms with Crippen molar-refractivity contribution in [3.8, 4) is 0 Å². The van der Waals surface area contributed by atoms with Crippen LogP contribution in [-0.2, 0) is 11.3 Å². The maximum absolute atomic E-state index is 13.2. The Morgan fingerprint density at radius 3 is 2.60 bits per heavy atom. The summed E-state index contributed by atoms with van der Waals surface area (Å²) in [7, 11) is 0. The highest BCUT2D eigenvalue weighted by Gasteiger charge is 2.12. The third-order valence-electron chi connectivity index (χ3n) is 2.59. The van der Waals surface area contributed by atoms with Gasteiger partial charge in [0.2, 0.25) is 0 Å². The molecule has 104 valence electrons. The zero-order valence-corrected chi connectivity index (χ0v) is 11.0. The van der Waals surface area contributed by atoms with Crippen LogP contribution < -0.4 is 5.73 Å². The molecule has 0 aromatic heterocycles. The molecule has 0 atom stereocenters. The summed E-state index contributed by atoms with van der Waals surface area (Å²) < 4.78 is 31.0. The number of ether oxygens (including phenoxy) is 1. The second-order valence-electron chi connectivity index (χ2n) is 4.06. The Hall–Kier alpha value is -2.14. The first-order valence-electron chi connectivity index (χ1n) is 5.63. The average Bonchev–Trinajstić information content (AvgIpc) is 2.40. The van der Waals surface area contributed by atoms with Gasteiger partial charge in [-0.25, -0.2) is 13.6 Å². The van der Waals surface area contributed by atoms with Crippen molar-refractivity contribution < 1.29 is 18.3 Å². The van der Waals surface area contributed by atoms with Crippen molar-refractivity contribution in [2.75, 3.05) is 5.73 Å². The van der Waals surface area contributed by atoms with Gasteiger partial charge in [0.25, 0.3) is 0 Å². The number of hydrogen-bond acceptors (Lipinski definition) is 3. The number of anilines is 1. The topological polar surface area (TPSA) is 52.3 Å². The van der Waals surface area contributed by atoms with Crippen molar-refractivity contribution in [2.45, 2.75) is 6.61 Å². The van der Waals surface area contributed by atoms with Crippen LogP contribution in [0.3, 0.4) is 0 Å². The van der Waals surface area contributed by atoms with Gasteiger partial charge in [-0.3, -0.25) is 0 Å². The van der Waals surface area contributed by atoms with Crippen LogP contribution in [0.4, 0.5) is 14.5 Å². The molecule has 0 heterocycles. The number of carbonyl (C=O) groups is 1. The molecule has 0 aliphatic rings. The van der Waals surface area contributed by atoms with Gasteiger partial charge in [-0.15, -0.1) is 0 Å². The third kappa shape index (κ3) is 3.24. The summed E-state index contributed by atoms with van der Waals surface area (Å²) in [5, 5.41) is -0.0112. The zero-order valence-electron chi connectivity index (χ0n) is 10.2. The standard InChI is InChI=1S/C14H10ClF2NO2/c15-11-4-1-8(5-12(11)17)7-20-14(19)10-3-2-9(16)6-13(10)18/h1-6H,7,18H2. The van der Waals surface area contributed by atoms with E-state index in [4.69, 9.17) is 22.1 Å². The summed E-state index contributed by atoms with van der Waals surface area (Å²) in [4.78, 5) is 11.8. The van der Waals surface area contributed by atoms with E-state index >= 15 is 0 Å². The van der Waals surface area contributed by atoms with E-state index in [1.54, 1.807) is 0 Å². The number of nitrogen functional groups attached to an aromatic ring is 1. The highest BCUT2D eigenvalue weighted by molar-refractivity contribution is 6.30. The lowest BCUT2D eigenvalue weighted by atomic mass is 10.2. The lowest BCUT2D eigenvalue weighted by molar-refractivity contribution is 0.0473. The summed E-state index contributed by atoms with van der Waals surface area (Å²) in [6.45, 7) is -0.135. The van der Waals surface area contributed by atoms with Gasteiger partial charge in [0.1, 0.15) is 18.2 Å². The molecular formula is C14H10ClF2NO2. The quantitative estimate of drug-likeness (QED) is 0.696. The van der Waals surface area contributed by atoms with Crippen molar-refractivity contribution in [2.24, 2.45) is 0 Å². The number of benzene rings is 2. The van der Waals surface area contributed by atoms with Crippen LogP contribution in [0.25, 0.3) is 0 Å². The van der Waals surface area contributed by atoms with Gasteiger partial charge in [-0.1, -0.05) is 17.7 Å². The first-order valence-corrected chi connectivity index (χ1v) is 6.01. The van der Waals surface area contributed by atoms with Crippen LogP contribution in [-0.4, -0.2) is 5.97 Å². The highest BCUT2D eigenvalue weighted by atomic mass is 35.5. The van der Waals surface area contributed by atoms with E-state index in [9.17, 15) is 13.6 Å². The molecule has 3 nitrogen and oxygen atoms in total. The largest absolute Gasteiger partial charge is 0.457 e. The molecule has 0 fully saturated rings. The Morgan fingerprint density at radius 1 is 1.20 bits per heavy atom. The number of hydrogen-bond donors (Lipinski definition) is 1. The van der Waals surface area contributed by atoms with Crippen molar-refractivity contribution in [1.29, 1.82) is 0 Å². The van der Waals surface area contributed by atoms with Crippen LogP contribution >= 0.6 is 11.6 Å². The van der Waals surface area contributed by atoms with Crippen molar-refractivity contribution in [3.63, 3.8) is 0 Å². The fourth-order valence-corrected chi connectivity index (χ4v) is 1.69. The summed E-state index contributed by atoms with van der Waals surface area (Å²) in [5.74, 6) is -1.85. The van der Waals surface area contributed by atoms with Crippen molar-refractivity contribution in [3.05, 3.63) is 64.2 Å². The van der Waals surface area contributed by atoms with Crippen LogP contribution in [0, 0.1) is 11.6 Å². The number of esters is 1. The van der Waals surface area contributed by atoms with Crippen LogP contribution in [0.5, 0.6) is 0 Å². The molecule has 0 saturated carbocycles. The van der Waals surface area contributed by atoms with E-state index in [2.05, 4.69) is 0 Å². The Labute approximate surface area is 118 Å². The van der Waals surface area contributed by atoms with E-state index in [1.165, 1.54) is 24.3 Å². The number of rotatable bonds is 3. The zero-order chi connectivity index (χ0) is 14.7. The molecule has 2 aromatic rings. The number of nitrogens with two attached hydrogens (primary N) is 1. The van der Waals surface area contributed by atoms with Crippen LogP contribution in [0.2, 0.25) is 5.02 Å². The first-order chi connectivity index (χ1) is 9.47. The molecule has 6 heteroatoms. The van der Waals surface area contributed by atoms with E-state index in [0.717, 1.165) is 12.1 Å². The molecule has 0 spiro atoms. The van der Waals surface area contributed by atoms with Crippen molar-refractivity contribution >= 4 is 23.3 Å². The molecule has 0 unspecified atom stereocenters. The average molecular weight is 298 g/mol. The van der Waals surface area contributed by atoms with Gasteiger partial charge < -0.3 is 10.5 Å². The molecule has 2 rings (SSSR count). The lowest BCUT2D eigenvalue weighted by Gasteiger charge is -2.07. The number of halogens is 3. The number of carbonyl (C=O) groups excluding carboxylic acids is 1. The lowest BCUT2D eigenvalue weighted by Crippen LogP contribution is -2.08. The summed E-state index contributed by atoms with van der Waals surface area (Å²) in [5.41, 5.74) is 6.00. The Bertz CT molecular complexity index is 662. The van der Waals surface area contributed by atoms with Gasteiger partial charge in [0.05, 0.1) is 10.6 Å². The maximum Gasteiger partial charge on any atom is 0.340 e.